The molecular weight excluding hydrogens is 222 g/mol. The molecule has 92 valence electrons. The van der Waals surface area contributed by atoms with Gasteiger partial charge in [-0.2, -0.15) is 4.98 Å². The maximum absolute atomic E-state index is 5.45. The van der Waals surface area contributed by atoms with Crippen LogP contribution in [0.25, 0.3) is 11.7 Å². The Morgan fingerprint density at radius 1 is 1.47 bits per heavy atom. The van der Waals surface area contributed by atoms with Gasteiger partial charge in [0.15, 0.2) is 5.76 Å². The molecule has 2 N–H and O–H groups in total. The summed E-state index contributed by atoms with van der Waals surface area (Å²) in [6.07, 6.45) is -0.193. The maximum Gasteiger partial charge on any atom is 0.293 e. The summed E-state index contributed by atoms with van der Waals surface area (Å²) < 4.78 is 15.9. The summed E-state index contributed by atoms with van der Waals surface area (Å²) >= 11 is 0. The van der Waals surface area contributed by atoms with E-state index < -0.39 is 0 Å². The van der Waals surface area contributed by atoms with E-state index in [4.69, 9.17) is 19.4 Å². The molecular formula is C11H15N3O3. The molecule has 0 aliphatic rings. The highest BCUT2D eigenvalue weighted by Gasteiger charge is 2.16. The van der Waals surface area contributed by atoms with Crippen molar-refractivity contribution < 1.29 is 13.7 Å². The summed E-state index contributed by atoms with van der Waals surface area (Å²) in [6.45, 7) is 4.72. The molecule has 6 heteroatoms. The maximum atomic E-state index is 5.45. The zero-order valence-electron chi connectivity index (χ0n) is 9.84. The second-order valence-corrected chi connectivity index (χ2v) is 3.53. The van der Waals surface area contributed by atoms with Crippen LogP contribution in [0.1, 0.15) is 31.5 Å². The second-order valence-electron chi connectivity index (χ2n) is 3.53. The van der Waals surface area contributed by atoms with Gasteiger partial charge in [-0.15, -0.1) is 0 Å². The lowest BCUT2D eigenvalue weighted by Crippen LogP contribution is -2.01. The van der Waals surface area contributed by atoms with Gasteiger partial charge in [-0.25, -0.2) is 0 Å². The second kappa shape index (κ2) is 5.11. The fourth-order valence-electron chi connectivity index (χ4n) is 1.43. The van der Waals surface area contributed by atoms with Crippen LogP contribution in [0.3, 0.4) is 0 Å². The molecule has 0 saturated carbocycles. The highest BCUT2D eigenvalue weighted by atomic mass is 16.5. The van der Waals surface area contributed by atoms with Gasteiger partial charge in [0.2, 0.25) is 5.82 Å². The van der Waals surface area contributed by atoms with Crippen LogP contribution in [0, 0.1) is 0 Å². The Morgan fingerprint density at radius 3 is 2.94 bits per heavy atom. The minimum absolute atomic E-state index is 0.193. The molecule has 0 amide bonds. The lowest BCUT2D eigenvalue weighted by atomic mass is 10.4. The van der Waals surface area contributed by atoms with Crippen LogP contribution in [0.4, 0.5) is 0 Å². The molecule has 0 aliphatic heterocycles. The highest BCUT2D eigenvalue weighted by Crippen LogP contribution is 2.22. The van der Waals surface area contributed by atoms with E-state index >= 15 is 0 Å². The number of hydrogen-bond acceptors (Lipinski definition) is 6. The molecule has 6 nitrogen and oxygen atoms in total. The Hall–Kier alpha value is -1.66. The smallest absolute Gasteiger partial charge is 0.293 e. The number of nitrogens with two attached hydrogens (primary N) is 1. The van der Waals surface area contributed by atoms with Gasteiger partial charge in [-0.3, -0.25) is 0 Å². The molecule has 0 bridgehead atoms. The normalized spacial score (nSPS) is 12.9. The average Bonchev–Trinajstić information content (AvgIpc) is 2.98. The third-order valence-electron chi connectivity index (χ3n) is 2.30. The van der Waals surface area contributed by atoms with Crippen molar-refractivity contribution >= 4 is 0 Å². The lowest BCUT2D eigenvalue weighted by molar-refractivity contribution is 0.0683. The first-order valence-electron chi connectivity index (χ1n) is 5.49. The Labute approximate surface area is 98.7 Å². The number of aromatic nitrogens is 2. The molecule has 1 atom stereocenters. The van der Waals surface area contributed by atoms with E-state index in [2.05, 4.69) is 10.1 Å². The SMILES string of the molecule is CCOC(C)c1noc(-c2ccc(CN)o2)n1. The molecule has 0 aromatic carbocycles. The van der Waals surface area contributed by atoms with E-state index in [0.29, 0.717) is 36.4 Å². The van der Waals surface area contributed by atoms with E-state index in [1.165, 1.54) is 0 Å². The molecule has 2 heterocycles. The van der Waals surface area contributed by atoms with Crippen LogP contribution in [-0.2, 0) is 11.3 Å². The lowest BCUT2D eigenvalue weighted by Gasteiger charge is -2.04. The first-order valence-corrected chi connectivity index (χ1v) is 5.49. The van der Waals surface area contributed by atoms with Crippen molar-refractivity contribution in [3.63, 3.8) is 0 Å². The molecule has 2 aromatic heterocycles. The topological polar surface area (TPSA) is 87.3 Å². The van der Waals surface area contributed by atoms with Gasteiger partial charge in [0.1, 0.15) is 11.9 Å². The molecule has 17 heavy (non-hydrogen) atoms. The molecule has 2 rings (SSSR count). The minimum atomic E-state index is -0.193. The number of nitrogens with zero attached hydrogens (tertiary/aromatic N) is 2. The standard InChI is InChI=1S/C11H15N3O3/c1-3-15-7(2)10-13-11(17-14-10)9-5-4-8(6-12)16-9/h4-5,7H,3,6,12H2,1-2H3. The van der Waals surface area contributed by atoms with Crippen molar-refractivity contribution in [2.24, 2.45) is 5.73 Å². The van der Waals surface area contributed by atoms with Gasteiger partial charge in [0.05, 0.1) is 6.54 Å². The highest BCUT2D eigenvalue weighted by molar-refractivity contribution is 5.44. The molecule has 0 saturated heterocycles. The Balaban J connectivity index is 2.17. The Morgan fingerprint density at radius 2 is 2.29 bits per heavy atom. The first kappa shape index (κ1) is 11.8. The summed E-state index contributed by atoms with van der Waals surface area (Å²) in [5.74, 6) is 2.05. The van der Waals surface area contributed by atoms with Crippen molar-refractivity contribution in [1.82, 2.24) is 10.1 Å². The summed E-state index contributed by atoms with van der Waals surface area (Å²) in [4.78, 5) is 4.21. The number of rotatable bonds is 5. The predicted octanol–water partition coefficient (Wildman–Crippen LogP) is 1.89. The number of ether oxygens (including phenoxy) is 1. The van der Waals surface area contributed by atoms with E-state index in [-0.39, 0.29) is 6.10 Å². The van der Waals surface area contributed by atoms with Gasteiger partial charge < -0.3 is 19.4 Å². The van der Waals surface area contributed by atoms with Gasteiger partial charge >= 0.3 is 0 Å². The average molecular weight is 237 g/mol. The van der Waals surface area contributed by atoms with Crippen molar-refractivity contribution in [3.05, 3.63) is 23.7 Å². The first-order chi connectivity index (χ1) is 8.24. The number of hydrogen-bond donors (Lipinski definition) is 1. The fraction of sp³-hybridized carbons (Fsp3) is 0.455. The van der Waals surface area contributed by atoms with Gasteiger partial charge in [-0.05, 0) is 26.0 Å². The molecule has 0 spiro atoms. The molecule has 2 aromatic rings. The monoisotopic (exact) mass is 237 g/mol. The van der Waals surface area contributed by atoms with Gasteiger partial charge in [0, 0.05) is 6.61 Å². The molecule has 1 unspecified atom stereocenters. The summed E-state index contributed by atoms with van der Waals surface area (Å²) in [5.41, 5.74) is 5.45. The fourth-order valence-corrected chi connectivity index (χ4v) is 1.43. The third kappa shape index (κ3) is 2.54. The van der Waals surface area contributed by atoms with Crippen LogP contribution in [0.15, 0.2) is 21.1 Å². The zero-order valence-corrected chi connectivity index (χ0v) is 9.84. The van der Waals surface area contributed by atoms with Crippen molar-refractivity contribution in [2.75, 3.05) is 6.61 Å². The van der Waals surface area contributed by atoms with Crippen LogP contribution in [0.5, 0.6) is 0 Å². The number of furan rings is 1. The minimum Gasteiger partial charge on any atom is -0.455 e. The van der Waals surface area contributed by atoms with Gasteiger partial charge in [0.25, 0.3) is 5.89 Å². The van der Waals surface area contributed by atoms with Crippen LogP contribution in [-0.4, -0.2) is 16.7 Å². The Kier molecular flexibility index (Phi) is 3.55. The van der Waals surface area contributed by atoms with E-state index in [1.54, 1.807) is 12.1 Å². The zero-order chi connectivity index (χ0) is 12.3. The molecule has 0 aliphatic carbocycles. The summed E-state index contributed by atoms with van der Waals surface area (Å²) in [5, 5.41) is 3.84. The quantitative estimate of drug-likeness (QED) is 0.854. The Bertz CT molecular complexity index is 478. The molecule has 0 radical (unpaired) electrons. The van der Waals surface area contributed by atoms with Crippen LogP contribution >= 0.6 is 0 Å². The van der Waals surface area contributed by atoms with E-state index in [0.717, 1.165) is 0 Å². The van der Waals surface area contributed by atoms with Crippen molar-refractivity contribution in [1.29, 1.82) is 0 Å². The van der Waals surface area contributed by atoms with Gasteiger partial charge in [-0.1, -0.05) is 5.16 Å². The summed E-state index contributed by atoms with van der Waals surface area (Å²) in [7, 11) is 0. The largest absolute Gasteiger partial charge is 0.455 e. The summed E-state index contributed by atoms with van der Waals surface area (Å²) in [6, 6.07) is 3.54. The van der Waals surface area contributed by atoms with Crippen molar-refractivity contribution in [3.8, 4) is 11.7 Å². The van der Waals surface area contributed by atoms with E-state index in [9.17, 15) is 0 Å². The van der Waals surface area contributed by atoms with Crippen LogP contribution < -0.4 is 5.73 Å². The predicted molar refractivity (Wildman–Crippen MR) is 59.9 cm³/mol. The third-order valence-corrected chi connectivity index (χ3v) is 2.30. The van der Waals surface area contributed by atoms with Crippen LogP contribution in [0.2, 0.25) is 0 Å². The molecule has 0 fully saturated rings. The van der Waals surface area contributed by atoms with Crippen molar-refractivity contribution in [2.45, 2.75) is 26.5 Å². The van der Waals surface area contributed by atoms with E-state index in [1.807, 2.05) is 13.8 Å².